The molecule has 0 bridgehead atoms. The quantitative estimate of drug-likeness (QED) is 0.872. The third-order valence-corrected chi connectivity index (χ3v) is 4.54. The van der Waals surface area contributed by atoms with Gasteiger partial charge in [0.25, 0.3) is 0 Å². The van der Waals surface area contributed by atoms with Crippen LogP contribution in [0.4, 0.5) is 5.69 Å². The fraction of sp³-hybridized carbons (Fsp3) is 0.538. The second-order valence-electron chi connectivity index (χ2n) is 4.98. The van der Waals surface area contributed by atoms with Crippen LogP contribution in [0, 0.1) is 5.92 Å². The van der Waals surface area contributed by atoms with Crippen LogP contribution < -0.4 is 5.32 Å². The maximum absolute atomic E-state index is 11.6. The topological polar surface area (TPSA) is 66.4 Å². The number of para-hydroxylation sites is 1. The molecule has 1 aromatic rings. The van der Waals surface area contributed by atoms with Crippen LogP contribution in [0.15, 0.2) is 29.2 Å². The van der Waals surface area contributed by atoms with E-state index in [2.05, 4.69) is 5.32 Å². The van der Waals surface area contributed by atoms with Gasteiger partial charge in [-0.3, -0.25) is 0 Å². The Hall–Kier alpha value is -1.07. The van der Waals surface area contributed by atoms with Gasteiger partial charge in [-0.1, -0.05) is 12.1 Å². The van der Waals surface area contributed by atoms with Crippen LogP contribution in [0.3, 0.4) is 0 Å². The van der Waals surface area contributed by atoms with Crippen molar-refractivity contribution in [3.63, 3.8) is 0 Å². The van der Waals surface area contributed by atoms with Gasteiger partial charge in [0.15, 0.2) is 9.84 Å². The number of hydrogen-bond donors (Lipinski definition) is 2. The third kappa shape index (κ3) is 3.23. The van der Waals surface area contributed by atoms with E-state index in [1.54, 1.807) is 18.2 Å². The molecule has 1 aliphatic rings. The monoisotopic (exact) mass is 269 g/mol. The smallest absolute Gasteiger partial charge is 0.177 e. The predicted molar refractivity (Wildman–Crippen MR) is 71.4 cm³/mol. The standard InChI is InChI=1S/C13H19NO3S/c1-18(16,17)13-5-3-2-4-12(13)14-9-10-6-7-11(15)8-10/h2-5,10-11,14-15H,6-9H2,1H3. The van der Waals surface area contributed by atoms with Gasteiger partial charge in [-0.05, 0) is 37.3 Å². The molecule has 4 nitrogen and oxygen atoms in total. The highest BCUT2D eigenvalue weighted by molar-refractivity contribution is 7.90. The van der Waals surface area contributed by atoms with Crippen molar-refractivity contribution in [1.82, 2.24) is 0 Å². The molecule has 1 saturated carbocycles. The van der Waals surface area contributed by atoms with Crippen molar-refractivity contribution in [1.29, 1.82) is 0 Å². The van der Waals surface area contributed by atoms with Crippen molar-refractivity contribution in [3.05, 3.63) is 24.3 Å². The highest BCUT2D eigenvalue weighted by Crippen LogP contribution is 2.27. The maximum atomic E-state index is 11.6. The van der Waals surface area contributed by atoms with Crippen molar-refractivity contribution in [2.45, 2.75) is 30.3 Å². The number of hydrogen-bond acceptors (Lipinski definition) is 4. The number of benzene rings is 1. The van der Waals surface area contributed by atoms with Crippen LogP contribution in [0.1, 0.15) is 19.3 Å². The second-order valence-corrected chi connectivity index (χ2v) is 6.97. The van der Waals surface area contributed by atoms with Gasteiger partial charge in [-0.15, -0.1) is 0 Å². The minimum absolute atomic E-state index is 0.193. The van der Waals surface area contributed by atoms with E-state index in [0.717, 1.165) is 19.3 Å². The van der Waals surface area contributed by atoms with E-state index < -0.39 is 9.84 Å². The molecule has 0 aromatic heterocycles. The Labute approximate surface area is 108 Å². The zero-order chi connectivity index (χ0) is 13.2. The summed E-state index contributed by atoms with van der Waals surface area (Å²) in [6.45, 7) is 0.712. The van der Waals surface area contributed by atoms with Crippen molar-refractivity contribution in [2.24, 2.45) is 5.92 Å². The molecule has 5 heteroatoms. The molecule has 1 fully saturated rings. The SMILES string of the molecule is CS(=O)(=O)c1ccccc1NCC1CCC(O)C1. The van der Waals surface area contributed by atoms with Gasteiger partial charge in [0.05, 0.1) is 16.7 Å². The van der Waals surface area contributed by atoms with E-state index in [9.17, 15) is 13.5 Å². The third-order valence-electron chi connectivity index (χ3n) is 3.38. The van der Waals surface area contributed by atoms with Crippen LogP contribution in [0.25, 0.3) is 0 Å². The molecule has 0 radical (unpaired) electrons. The van der Waals surface area contributed by atoms with E-state index in [4.69, 9.17) is 0 Å². The minimum Gasteiger partial charge on any atom is -0.393 e. The van der Waals surface area contributed by atoms with Crippen molar-refractivity contribution < 1.29 is 13.5 Å². The van der Waals surface area contributed by atoms with E-state index in [-0.39, 0.29) is 6.10 Å². The lowest BCUT2D eigenvalue weighted by Gasteiger charge is -2.14. The molecule has 1 aliphatic carbocycles. The number of rotatable bonds is 4. The number of sulfone groups is 1. The second kappa shape index (κ2) is 5.28. The summed E-state index contributed by atoms with van der Waals surface area (Å²) in [6, 6.07) is 6.93. The van der Waals surface area contributed by atoms with Crippen LogP contribution in [-0.2, 0) is 9.84 Å². The molecule has 0 amide bonds. The summed E-state index contributed by atoms with van der Waals surface area (Å²) >= 11 is 0. The van der Waals surface area contributed by atoms with Gasteiger partial charge >= 0.3 is 0 Å². The number of aliphatic hydroxyl groups excluding tert-OH is 1. The Kier molecular flexibility index (Phi) is 3.92. The van der Waals surface area contributed by atoms with Gasteiger partial charge in [-0.25, -0.2) is 8.42 Å². The molecule has 0 saturated heterocycles. The van der Waals surface area contributed by atoms with E-state index >= 15 is 0 Å². The van der Waals surface area contributed by atoms with E-state index in [1.807, 2.05) is 6.07 Å². The lowest BCUT2D eigenvalue weighted by Crippen LogP contribution is -2.14. The zero-order valence-electron chi connectivity index (χ0n) is 10.5. The predicted octanol–water partition coefficient (Wildman–Crippen LogP) is 1.66. The lowest BCUT2D eigenvalue weighted by molar-refractivity contribution is 0.178. The summed E-state index contributed by atoms with van der Waals surface area (Å²) in [7, 11) is -3.20. The average molecular weight is 269 g/mol. The lowest BCUT2D eigenvalue weighted by atomic mass is 10.1. The summed E-state index contributed by atoms with van der Waals surface area (Å²) < 4.78 is 23.2. The fourth-order valence-electron chi connectivity index (χ4n) is 2.42. The Morgan fingerprint density at radius 3 is 2.67 bits per heavy atom. The summed E-state index contributed by atoms with van der Waals surface area (Å²) in [5, 5.41) is 12.6. The molecule has 18 heavy (non-hydrogen) atoms. The number of anilines is 1. The Bertz CT molecular complexity index is 513. The zero-order valence-corrected chi connectivity index (χ0v) is 11.3. The molecule has 2 N–H and O–H groups in total. The first-order valence-corrected chi connectivity index (χ1v) is 8.07. The van der Waals surface area contributed by atoms with Crippen molar-refractivity contribution in [3.8, 4) is 0 Å². The molecule has 0 aliphatic heterocycles. The summed E-state index contributed by atoms with van der Waals surface area (Å²) in [4.78, 5) is 0.337. The van der Waals surface area contributed by atoms with Gasteiger partial charge in [-0.2, -0.15) is 0 Å². The first-order chi connectivity index (χ1) is 8.47. The molecule has 0 heterocycles. The molecule has 2 unspecified atom stereocenters. The highest BCUT2D eigenvalue weighted by atomic mass is 32.2. The van der Waals surface area contributed by atoms with Crippen molar-refractivity contribution in [2.75, 3.05) is 18.1 Å². The van der Waals surface area contributed by atoms with Crippen LogP contribution >= 0.6 is 0 Å². The maximum Gasteiger partial charge on any atom is 0.177 e. The fourth-order valence-corrected chi connectivity index (χ4v) is 3.29. The average Bonchev–Trinajstić information content (AvgIpc) is 2.72. The normalized spacial score (nSPS) is 24.1. The highest BCUT2D eigenvalue weighted by Gasteiger charge is 2.23. The Morgan fingerprint density at radius 1 is 1.33 bits per heavy atom. The molecular weight excluding hydrogens is 250 g/mol. The van der Waals surface area contributed by atoms with Gasteiger partial charge in [0.1, 0.15) is 0 Å². The number of nitrogens with one attached hydrogen (secondary N) is 1. The van der Waals surface area contributed by atoms with Crippen LogP contribution in [0.5, 0.6) is 0 Å². The number of aliphatic hydroxyl groups is 1. The summed E-state index contributed by atoms with van der Waals surface area (Å²) in [5.41, 5.74) is 0.654. The Balaban J connectivity index is 2.06. The minimum atomic E-state index is -3.20. The first-order valence-electron chi connectivity index (χ1n) is 6.18. The molecule has 1 aromatic carbocycles. The van der Waals surface area contributed by atoms with Crippen LogP contribution in [-0.4, -0.2) is 32.4 Å². The van der Waals surface area contributed by atoms with Gasteiger partial charge < -0.3 is 10.4 Å². The molecule has 2 rings (SSSR count). The van der Waals surface area contributed by atoms with Crippen LogP contribution in [0.2, 0.25) is 0 Å². The van der Waals surface area contributed by atoms with E-state index in [0.29, 0.717) is 23.0 Å². The summed E-state index contributed by atoms with van der Waals surface area (Å²) in [6.07, 6.45) is 3.66. The first kappa shape index (κ1) is 13.4. The largest absolute Gasteiger partial charge is 0.393 e. The van der Waals surface area contributed by atoms with E-state index in [1.165, 1.54) is 6.26 Å². The molecular formula is C13H19NO3S. The Morgan fingerprint density at radius 2 is 2.06 bits per heavy atom. The van der Waals surface area contributed by atoms with Gasteiger partial charge in [0.2, 0.25) is 0 Å². The summed E-state index contributed by atoms with van der Waals surface area (Å²) in [5.74, 6) is 0.424. The van der Waals surface area contributed by atoms with Gasteiger partial charge in [0, 0.05) is 12.8 Å². The molecule has 100 valence electrons. The van der Waals surface area contributed by atoms with Crippen molar-refractivity contribution >= 4 is 15.5 Å². The molecule has 0 spiro atoms. The molecule has 2 atom stereocenters.